The SMILES string of the molecule is Cc1cc(S(=O)(=O)NCCOCCOCCOCCCc2ccc3c(c2)n(C)c(=O)n3C2CCC(=O)NC2=O)ccc1Nc1ncc2ccc(=O)n(C3CCCC3)c2n1. The van der Waals surface area contributed by atoms with Crippen molar-refractivity contribution in [2.24, 2.45) is 7.05 Å². The number of aryl methyl sites for hydroxylation is 3. The second kappa shape index (κ2) is 18.8. The van der Waals surface area contributed by atoms with Crippen LogP contribution in [0.15, 0.2) is 69.2 Å². The maximum absolute atomic E-state index is 13.0. The summed E-state index contributed by atoms with van der Waals surface area (Å²) in [5, 5.41) is 6.29. The average Bonchev–Trinajstić information content (AvgIpc) is 3.83. The third-order valence-electron chi connectivity index (χ3n) is 10.8. The molecule has 1 unspecified atom stereocenters. The first-order valence-corrected chi connectivity index (χ1v) is 21.5. The Hall–Kier alpha value is -5.27. The number of carbonyl (C=O) groups excluding carboxylic acids is 2. The Morgan fingerprint density at radius 1 is 0.847 bits per heavy atom. The molecule has 3 aromatic heterocycles. The van der Waals surface area contributed by atoms with E-state index in [-0.39, 0.29) is 47.7 Å². The lowest BCUT2D eigenvalue weighted by Gasteiger charge is -2.21. The molecule has 18 heteroatoms. The van der Waals surface area contributed by atoms with Crippen molar-refractivity contribution in [3.63, 3.8) is 0 Å². The van der Waals surface area contributed by atoms with Gasteiger partial charge >= 0.3 is 5.69 Å². The van der Waals surface area contributed by atoms with Gasteiger partial charge in [0.25, 0.3) is 5.56 Å². The molecule has 314 valence electrons. The number of nitrogens with one attached hydrogen (secondary N) is 3. The summed E-state index contributed by atoms with van der Waals surface area (Å²) in [7, 11) is -2.11. The Morgan fingerprint density at radius 2 is 1.59 bits per heavy atom. The summed E-state index contributed by atoms with van der Waals surface area (Å²) in [6.45, 7) is 4.01. The number of hydrogen-bond acceptors (Lipinski definition) is 12. The van der Waals surface area contributed by atoms with Crippen molar-refractivity contribution in [2.75, 3.05) is 51.5 Å². The van der Waals surface area contributed by atoms with E-state index >= 15 is 0 Å². The summed E-state index contributed by atoms with van der Waals surface area (Å²) in [5.74, 6) is -0.459. The van der Waals surface area contributed by atoms with Crippen LogP contribution in [0, 0.1) is 6.92 Å². The number of imidazole rings is 1. The molecule has 4 heterocycles. The number of rotatable bonds is 19. The smallest absolute Gasteiger partial charge is 0.329 e. The maximum atomic E-state index is 13.0. The Kier molecular flexibility index (Phi) is 13.3. The molecule has 0 radical (unpaired) electrons. The zero-order valence-corrected chi connectivity index (χ0v) is 34.1. The Morgan fingerprint density at radius 3 is 2.34 bits per heavy atom. The fourth-order valence-electron chi connectivity index (χ4n) is 7.72. The van der Waals surface area contributed by atoms with Gasteiger partial charge in [-0.15, -0.1) is 0 Å². The van der Waals surface area contributed by atoms with Crippen LogP contribution >= 0.6 is 0 Å². The van der Waals surface area contributed by atoms with Gasteiger partial charge in [-0.25, -0.2) is 22.9 Å². The molecular weight excluding hydrogens is 781 g/mol. The fraction of sp³-hybridized carbons (Fsp3) is 0.463. The highest BCUT2D eigenvalue weighted by molar-refractivity contribution is 7.89. The van der Waals surface area contributed by atoms with Crippen molar-refractivity contribution in [3.8, 4) is 0 Å². The molecule has 1 atom stereocenters. The predicted octanol–water partition coefficient (Wildman–Crippen LogP) is 3.55. The topological polar surface area (TPSA) is 207 Å². The zero-order valence-electron chi connectivity index (χ0n) is 33.3. The Labute approximate surface area is 341 Å². The van der Waals surface area contributed by atoms with E-state index in [0.29, 0.717) is 67.8 Å². The van der Waals surface area contributed by atoms with Gasteiger partial charge in [0.05, 0.1) is 49.0 Å². The average molecular weight is 831 g/mol. The molecule has 7 rings (SSSR count). The monoisotopic (exact) mass is 830 g/mol. The number of nitrogens with zero attached hydrogens (tertiary/aromatic N) is 5. The van der Waals surface area contributed by atoms with Gasteiger partial charge in [0.2, 0.25) is 27.8 Å². The van der Waals surface area contributed by atoms with E-state index in [9.17, 15) is 27.6 Å². The third kappa shape index (κ3) is 9.79. The highest BCUT2D eigenvalue weighted by atomic mass is 32.2. The zero-order chi connectivity index (χ0) is 41.5. The molecule has 0 spiro atoms. The third-order valence-corrected chi connectivity index (χ3v) is 12.3. The van der Waals surface area contributed by atoms with Gasteiger partial charge in [-0.3, -0.25) is 33.4 Å². The van der Waals surface area contributed by atoms with Crippen LogP contribution in [0.4, 0.5) is 11.6 Å². The summed E-state index contributed by atoms with van der Waals surface area (Å²) < 4.78 is 50.2. The summed E-state index contributed by atoms with van der Waals surface area (Å²) >= 11 is 0. The number of aromatic nitrogens is 5. The molecule has 2 fully saturated rings. The fourth-order valence-corrected chi connectivity index (χ4v) is 8.82. The van der Waals surface area contributed by atoms with Gasteiger partial charge in [0.1, 0.15) is 11.7 Å². The lowest BCUT2D eigenvalue weighted by atomic mass is 10.1. The maximum Gasteiger partial charge on any atom is 0.329 e. The van der Waals surface area contributed by atoms with Crippen LogP contribution in [-0.2, 0) is 47.3 Å². The van der Waals surface area contributed by atoms with Crippen molar-refractivity contribution in [3.05, 3.63) is 86.7 Å². The van der Waals surface area contributed by atoms with E-state index < -0.39 is 22.0 Å². The highest BCUT2D eigenvalue weighted by Gasteiger charge is 2.31. The van der Waals surface area contributed by atoms with Crippen LogP contribution in [0.2, 0.25) is 0 Å². The Bertz CT molecular complexity index is 2560. The number of pyridine rings is 1. The second-order valence-electron chi connectivity index (χ2n) is 14.9. The molecule has 17 nitrogen and oxygen atoms in total. The molecule has 5 aromatic rings. The van der Waals surface area contributed by atoms with E-state index in [1.165, 1.54) is 15.2 Å². The molecule has 1 saturated carbocycles. The van der Waals surface area contributed by atoms with Crippen LogP contribution < -0.4 is 26.6 Å². The second-order valence-corrected chi connectivity index (χ2v) is 16.7. The van der Waals surface area contributed by atoms with Crippen LogP contribution in [0.1, 0.15) is 68.2 Å². The quantitative estimate of drug-likeness (QED) is 0.0807. The van der Waals surface area contributed by atoms with E-state index in [2.05, 4.69) is 25.3 Å². The first kappa shape index (κ1) is 41.9. The lowest BCUT2D eigenvalue weighted by molar-refractivity contribution is -0.135. The first-order chi connectivity index (χ1) is 28.5. The van der Waals surface area contributed by atoms with Crippen molar-refractivity contribution < 1.29 is 32.2 Å². The lowest BCUT2D eigenvalue weighted by Crippen LogP contribution is -2.44. The minimum atomic E-state index is -3.78. The number of hydrogen-bond donors (Lipinski definition) is 3. The van der Waals surface area contributed by atoms with Crippen molar-refractivity contribution >= 4 is 55.5 Å². The molecule has 2 amide bonds. The molecule has 59 heavy (non-hydrogen) atoms. The van der Waals surface area contributed by atoms with Crippen LogP contribution in [0.5, 0.6) is 0 Å². The van der Waals surface area contributed by atoms with Crippen molar-refractivity contribution in [2.45, 2.75) is 75.3 Å². The normalized spacial score (nSPS) is 16.3. The van der Waals surface area contributed by atoms with Gasteiger partial charge in [-0.05, 0) is 86.6 Å². The molecular formula is C41H50N8O9S. The summed E-state index contributed by atoms with van der Waals surface area (Å²) in [6.07, 6.45) is 7.72. The number of carbonyl (C=O) groups is 2. The van der Waals surface area contributed by atoms with E-state index in [0.717, 1.165) is 55.0 Å². The predicted molar refractivity (Wildman–Crippen MR) is 220 cm³/mol. The van der Waals surface area contributed by atoms with Gasteiger partial charge < -0.3 is 19.5 Å². The number of imide groups is 1. The molecule has 1 aliphatic carbocycles. The van der Waals surface area contributed by atoms with E-state index in [4.69, 9.17) is 14.2 Å². The molecule has 0 bridgehead atoms. The largest absolute Gasteiger partial charge is 0.379 e. The minimum Gasteiger partial charge on any atom is -0.379 e. The number of amides is 2. The summed E-state index contributed by atoms with van der Waals surface area (Å²) in [4.78, 5) is 59.0. The molecule has 2 aromatic carbocycles. The van der Waals surface area contributed by atoms with Gasteiger partial charge in [-0.1, -0.05) is 18.9 Å². The van der Waals surface area contributed by atoms with Crippen LogP contribution in [0.3, 0.4) is 0 Å². The summed E-state index contributed by atoms with van der Waals surface area (Å²) in [5.41, 5.74) is 3.96. The van der Waals surface area contributed by atoms with Gasteiger partial charge in [-0.2, -0.15) is 4.98 Å². The summed E-state index contributed by atoms with van der Waals surface area (Å²) in [6, 6.07) is 13.2. The van der Waals surface area contributed by atoms with Gasteiger partial charge in [0, 0.05) is 56.0 Å². The molecule has 3 N–H and O–H groups in total. The highest BCUT2D eigenvalue weighted by Crippen LogP contribution is 2.31. The van der Waals surface area contributed by atoms with E-state index in [1.807, 2.05) is 18.2 Å². The minimum absolute atomic E-state index is 0.0788. The standard InChI is InChI=1S/C41H50N8O9S/c1-27-24-31(11-12-32(27)44-40-42-26-29-10-16-37(51)48(38(29)46-40)30-7-3-4-8-30)59(54,55)43-17-19-57-21-23-58-22-20-56-18-5-6-28-9-13-33-35(25-28)47(2)41(53)49(33)34-14-15-36(50)45-39(34)52/h9-13,16,24-26,30,34,43H,3-8,14-15,17-23H2,1-2H3,(H,42,44,46)(H,45,50,52). The number of benzene rings is 2. The van der Waals surface area contributed by atoms with Crippen LogP contribution in [-0.4, -0.2) is 90.1 Å². The Balaban J connectivity index is 0.771. The first-order valence-electron chi connectivity index (χ1n) is 20.0. The van der Waals surface area contributed by atoms with Gasteiger partial charge in [0.15, 0.2) is 0 Å². The number of piperidine rings is 1. The number of ether oxygens (including phenoxy) is 3. The van der Waals surface area contributed by atoms with Crippen LogP contribution in [0.25, 0.3) is 22.1 Å². The number of anilines is 2. The molecule has 1 saturated heterocycles. The van der Waals surface area contributed by atoms with Crippen molar-refractivity contribution in [1.82, 2.24) is 33.7 Å². The number of fused-ring (bicyclic) bond motifs is 2. The number of sulfonamides is 1. The van der Waals surface area contributed by atoms with Crippen molar-refractivity contribution in [1.29, 1.82) is 0 Å². The molecule has 1 aliphatic heterocycles. The van der Waals surface area contributed by atoms with E-state index in [1.54, 1.807) is 49.0 Å². The molecule has 2 aliphatic rings.